The minimum Gasteiger partial charge on any atom is -0.444 e. The van der Waals surface area contributed by atoms with E-state index in [1.807, 2.05) is 30.3 Å². The van der Waals surface area contributed by atoms with Crippen LogP contribution in [0, 0.1) is 0 Å². The van der Waals surface area contributed by atoms with Crippen LogP contribution in [0.3, 0.4) is 0 Å². The molecule has 2 rings (SSSR count). The highest BCUT2D eigenvalue weighted by Gasteiger charge is 2.18. The fourth-order valence-electron chi connectivity index (χ4n) is 1.80. The van der Waals surface area contributed by atoms with E-state index < -0.39 is 0 Å². The second-order valence-corrected chi connectivity index (χ2v) is 4.89. The van der Waals surface area contributed by atoms with Crippen LogP contribution >= 0.6 is 15.9 Å². The van der Waals surface area contributed by atoms with Gasteiger partial charge in [-0.3, -0.25) is 4.79 Å². The van der Waals surface area contributed by atoms with Crippen LogP contribution in [0.4, 0.5) is 0 Å². The monoisotopic (exact) mass is 322 g/mol. The van der Waals surface area contributed by atoms with Crippen molar-refractivity contribution in [3.63, 3.8) is 0 Å². The van der Waals surface area contributed by atoms with E-state index in [1.165, 1.54) is 0 Å². The number of nitrogens with zero attached hydrogens (tertiary/aromatic N) is 1. The summed E-state index contributed by atoms with van der Waals surface area (Å²) in [6.07, 6.45) is 0. The van der Waals surface area contributed by atoms with Crippen molar-refractivity contribution in [2.75, 3.05) is 13.1 Å². The maximum absolute atomic E-state index is 12.3. The van der Waals surface area contributed by atoms with E-state index in [9.17, 15) is 4.79 Å². The zero-order valence-electron chi connectivity index (χ0n) is 10.4. The van der Waals surface area contributed by atoms with Gasteiger partial charge in [-0.15, -0.1) is 0 Å². The first-order valence-electron chi connectivity index (χ1n) is 5.99. The number of benzene rings is 1. The number of halogens is 1. The Labute approximate surface area is 120 Å². The van der Waals surface area contributed by atoms with E-state index in [1.54, 1.807) is 17.0 Å². The number of amides is 1. The summed E-state index contributed by atoms with van der Waals surface area (Å²) in [5.41, 5.74) is 6.64. The molecular formula is C14H15BrN2O2. The highest BCUT2D eigenvalue weighted by molar-refractivity contribution is 9.10. The van der Waals surface area contributed by atoms with Crippen LogP contribution in [-0.2, 0) is 6.54 Å². The van der Waals surface area contributed by atoms with Crippen molar-refractivity contribution in [3.05, 3.63) is 58.5 Å². The Morgan fingerprint density at radius 2 is 1.95 bits per heavy atom. The molecule has 2 aromatic rings. The Morgan fingerprint density at radius 3 is 2.53 bits per heavy atom. The predicted octanol–water partition coefficient (Wildman–Crippen LogP) is 2.64. The predicted molar refractivity (Wildman–Crippen MR) is 76.6 cm³/mol. The van der Waals surface area contributed by atoms with Crippen LogP contribution < -0.4 is 5.73 Å². The van der Waals surface area contributed by atoms with E-state index in [2.05, 4.69) is 15.9 Å². The van der Waals surface area contributed by atoms with Crippen molar-refractivity contribution < 1.29 is 9.21 Å². The summed E-state index contributed by atoms with van der Waals surface area (Å²) in [6.45, 7) is 1.43. The molecule has 0 aliphatic rings. The summed E-state index contributed by atoms with van der Waals surface area (Å²) in [4.78, 5) is 14.0. The molecule has 100 valence electrons. The highest BCUT2D eigenvalue weighted by Crippen LogP contribution is 2.17. The van der Waals surface area contributed by atoms with Gasteiger partial charge in [0.05, 0.1) is 0 Å². The van der Waals surface area contributed by atoms with Crippen molar-refractivity contribution in [2.24, 2.45) is 5.73 Å². The van der Waals surface area contributed by atoms with Gasteiger partial charge >= 0.3 is 0 Å². The number of carbonyl (C=O) groups excluding carboxylic acids is 1. The first-order chi connectivity index (χ1) is 9.20. The van der Waals surface area contributed by atoms with Crippen LogP contribution in [0.1, 0.15) is 16.1 Å². The molecule has 0 atom stereocenters. The minimum absolute atomic E-state index is 0.153. The molecule has 1 aromatic carbocycles. The molecule has 0 aliphatic carbocycles. The number of furan rings is 1. The van der Waals surface area contributed by atoms with E-state index in [-0.39, 0.29) is 5.91 Å². The molecule has 0 radical (unpaired) electrons. The average molecular weight is 323 g/mol. The number of rotatable bonds is 5. The summed E-state index contributed by atoms with van der Waals surface area (Å²) in [5, 5.41) is 0. The third-order valence-corrected chi connectivity index (χ3v) is 3.11. The van der Waals surface area contributed by atoms with Gasteiger partial charge in [0.2, 0.25) is 0 Å². The van der Waals surface area contributed by atoms with Gasteiger partial charge in [-0.05, 0) is 33.6 Å². The van der Waals surface area contributed by atoms with Crippen LogP contribution in [0.25, 0.3) is 0 Å². The van der Waals surface area contributed by atoms with Crippen LogP contribution in [0.2, 0.25) is 0 Å². The fraction of sp³-hybridized carbons (Fsp3) is 0.214. The molecule has 19 heavy (non-hydrogen) atoms. The molecule has 0 fully saturated rings. The molecule has 0 saturated carbocycles. The van der Waals surface area contributed by atoms with Crippen molar-refractivity contribution >= 4 is 21.8 Å². The second-order valence-electron chi connectivity index (χ2n) is 4.10. The summed E-state index contributed by atoms with van der Waals surface area (Å²) in [7, 11) is 0. The smallest absolute Gasteiger partial charge is 0.289 e. The van der Waals surface area contributed by atoms with E-state index >= 15 is 0 Å². The van der Waals surface area contributed by atoms with Gasteiger partial charge in [0.15, 0.2) is 10.4 Å². The number of nitrogens with two attached hydrogens (primary N) is 1. The Bertz CT molecular complexity index is 539. The van der Waals surface area contributed by atoms with Gasteiger partial charge in [-0.1, -0.05) is 30.3 Å². The maximum atomic E-state index is 12.3. The van der Waals surface area contributed by atoms with Gasteiger partial charge < -0.3 is 15.1 Å². The van der Waals surface area contributed by atoms with Crippen molar-refractivity contribution in [2.45, 2.75) is 6.54 Å². The average Bonchev–Trinajstić information content (AvgIpc) is 2.85. The van der Waals surface area contributed by atoms with Gasteiger partial charge in [-0.25, -0.2) is 0 Å². The molecular weight excluding hydrogens is 308 g/mol. The SMILES string of the molecule is NCCN(Cc1ccccc1)C(=O)c1ccc(Br)o1. The Morgan fingerprint density at radius 1 is 1.21 bits per heavy atom. The normalized spacial score (nSPS) is 10.4. The number of hydrogen-bond acceptors (Lipinski definition) is 3. The molecule has 1 amide bonds. The topological polar surface area (TPSA) is 59.5 Å². The highest BCUT2D eigenvalue weighted by atomic mass is 79.9. The van der Waals surface area contributed by atoms with Gasteiger partial charge in [0.1, 0.15) is 0 Å². The Kier molecular flexibility index (Phi) is 4.76. The lowest BCUT2D eigenvalue weighted by Gasteiger charge is -2.20. The molecule has 4 nitrogen and oxygen atoms in total. The molecule has 5 heteroatoms. The molecule has 1 heterocycles. The second kappa shape index (κ2) is 6.54. The van der Waals surface area contributed by atoms with Crippen molar-refractivity contribution in [1.29, 1.82) is 0 Å². The third kappa shape index (κ3) is 3.68. The van der Waals surface area contributed by atoms with Crippen molar-refractivity contribution in [1.82, 2.24) is 4.90 Å². The maximum Gasteiger partial charge on any atom is 0.289 e. The fourth-order valence-corrected chi connectivity index (χ4v) is 2.10. The first-order valence-corrected chi connectivity index (χ1v) is 6.78. The van der Waals surface area contributed by atoms with Crippen LogP contribution in [0.5, 0.6) is 0 Å². The van der Waals surface area contributed by atoms with Gasteiger partial charge in [-0.2, -0.15) is 0 Å². The molecule has 0 bridgehead atoms. The zero-order valence-corrected chi connectivity index (χ0v) is 12.0. The largest absolute Gasteiger partial charge is 0.444 e. The lowest BCUT2D eigenvalue weighted by Crippen LogP contribution is -2.34. The summed E-state index contributed by atoms with van der Waals surface area (Å²) < 4.78 is 5.84. The molecule has 0 aliphatic heterocycles. The summed E-state index contributed by atoms with van der Waals surface area (Å²) >= 11 is 3.19. The molecule has 2 N–H and O–H groups in total. The van der Waals surface area contributed by atoms with Crippen molar-refractivity contribution in [3.8, 4) is 0 Å². The molecule has 1 aromatic heterocycles. The summed E-state index contributed by atoms with van der Waals surface area (Å²) in [5.74, 6) is 0.163. The van der Waals surface area contributed by atoms with E-state index in [0.29, 0.717) is 30.1 Å². The number of hydrogen-bond donors (Lipinski definition) is 1. The van der Waals surface area contributed by atoms with Crippen LogP contribution in [-0.4, -0.2) is 23.9 Å². The Balaban J connectivity index is 2.13. The van der Waals surface area contributed by atoms with Gasteiger partial charge in [0, 0.05) is 19.6 Å². The lowest BCUT2D eigenvalue weighted by molar-refractivity contribution is 0.0714. The minimum atomic E-state index is -0.153. The third-order valence-electron chi connectivity index (χ3n) is 2.69. The Hall–Kier alpha value is -1.59. The van der Waals surface area contributed by atoms with E-state index in [4.69, 9.17) is 10.2 Å². The van der Waals surface area contributed by atoms with Gasteiger partial charge in [0.25, 0.3) is 5.91 Å². The quantitative estimate of drug-likeness (QED) is 0.920. The first kappa shape index (κ1) is 13.8. The summed E-state index contributed by atoms with van der Waals surface area (Å²) in [6, 6.07) is 13.2. The number of carbonyl (C=O) groups is 1. The lowest BCUT2D eigenvalue weighted by atomic mass is 10.2. The molecule has 0 saturated heterocycles. The zero-order chi connectivity index (χ0) is 13.7. The van der Waals surface area contributed by atoms with E-state index in [0.717, 1.165) is 5.56 Å². The molecule has 0 spiro atoms. The van der Waals surface area contributed by atoms with Crippen LogP contribution in [0.15, 0.2) is 51.6 Å². The standard InChI is InChI=1S/C14H15BrN2O2/c15-13-7-6-12(19-13)14(18)17(9-8-16)10-11-4-2-1-3-5-11/h1-7H,8-10,16H2. The molecule has 0 unspecified atom stereocenters.